The fourth-order valence-electron chi connectivity index (χ4n) is 14.2. The van der Waals surface area contributed by atoms with Gasteiger partial charge in [-0.25, -0.2) is 14.4 Å². The number of amides is 6. The number of esters is 1. The molecule has 0 radical (unpaired) electrons. The van der Waals surface area contributed by atoms with E-state index >= 15 is 0 Å². The molecule has 1 aliphatic carbocycles. The lowest BCUT2D eigenvalue weighted by Gasteiger charge is -2.42. The van der Waals surface area contributed by atoms with Gasteiger partial charge >= 0.3 is 36.0 Å². The van der Waals surface area contributed by atoms with Crippen molar-refractivity contribution >= 4 is 116 Å². The molecule has 656 valence electrons. The summed E-state index contributed by atoms with van der Waals surface area (Å²) < 4.78 is 41.2. The molecule has 2 saturated heterocycles. The number of methoxy groups -OCH3 is 3. The summed E-state index contributed by atoms with van der Waals surface area (Å²) >= 11 is 0. The van der Waals surface area contributed by atoms with Crippen molar-refractivity contribution in [2.75, 3.05) is 52.5 Å². The van der Waals surface area contributed by atoms with E-state index in [1.165, 1.54) is 41.3 Å². The van der Waals surface area contributed by atoms with Gasteiger partial charge in [0, 0.05) is 82.9 Å². The Morgan fingerprint density at radius 2 is 1.32 bits per heavy atom. The first-order valence-electron chi connectivity index (χ1n) is 39.2. The van der Waals surface area contributed by atoms with Gasteiger partial charge in [0.1, 0.15) is 54.7 Å². The number of aliphatic hydroxyl groups is 2. The average molecular weight is 1690 g/mol. The quantitative estimate of drug-likeness (QED) is 0.00835. The van der Waals surface area contributed by atoms with Gasteiger partial charge < -0.3 is 106 Å². The van der Waals surface area contributed by atoms with Crippen LogP contribution in [0.1, 0.15) is 171 Å². The van der Waals surface area contributed by atoms with Crippen LogP contribution in [0.3, 0.4) is 0 Å². The molecule has 6 amide bonds. The number of nitrogens with zero attached hydrogens (tertiary/aromatic N) is 1. The molecule has 15 N–H and O–H groups in total. The number of piperidine rings is 1. The van der Waals surface area contributed by atoms with E-state index in [4.69, 9.17) is 44.3 Å². The van der Waals surface area contributed by atoms with Crippen molar-refractivity contribution < 1.29 is 136 Å². The molecule has 1 saturated carbocycles. The number of rotatable bonds is 34. The maximum Gasteiger partial charge on any atom is 0.509 e. The predicted octanol–water partition coefficient (Wildman–Crippen LogP) is 3.33. The van der Waals surface area contributed by atoms with Crippen molar-refractivity contribution in [1.82, 2.24) is 36.8 Å². The number of cyclic esters (lactones) is 1. The number of ether oxygens (including phenoxy) is 7. The summed E-state index contributed by atoms with van der Waals surface area (Å²) in [5, 5.41) is 82.6. The zero-order valence-corrected chi connectivity index (χ0v) is 69.8. The number of nitrogens with one attached hydrogen (secondary N) is 7. The number of Topliss-reactive ketones (excluding diaryl/α,β-unsaturated/α-hetero) is 3. The molecule has 0 aromatic carbocycles. The number of carboxylic acids is 4. The summed E-state index contributed by atoms with van der Waals surface area (Å²) in [6, 6.07) is -10.8. The van der Waals surface area contributed by atoms with Gasteiger partial charge in [-0.05, 0) is 120 Å². The van der Waals surface area contributed by atoms with E-state index < -0.39 is 235 Å². The Morgan fingerprint density at radius 3 is 1.91 bits per heavy atom. The van der Waals surface area contributed by atoms with E-state index in [2.05, 4.69) is 26.6 Å². The number of guanidine groups is 1. The molecule has 0 unspecified atom stereocenters. The zero-order chi connectivity index (χ0) is 87.6. The Bertz CT molecular complexity index is 3600. The summed E-state index contributed by atoms with van der Waals surface area (Å²) in [5.74, 6) is -23.8. The normalized spacial score (nSPS) is 28.5. The van der Waals surface area contributed by atoms with E-state index in [-0.39, 0.29) is 81.2 Å². The van der Waals surface area contributed by atoms with E-state index in [9.17, 15) is 103 Å². The van der Waals surface area contributed by atoms with E-state index in [0.29, 0.717) is 51.4 Å². The maximum atomic E-state index is 14.8. The third kappa shape index (κ3) is 33.1. The van der Waals surface area contributed by atoms with Crippen LogP contribution in [0, 0.1) is 40.9 Å². The predicted molar refractivity (Wildman–Crippen MR) is 424 cm³/mol. The molecule has 3 heterocycles. The first kappa shape index (κ1) is 100. The molecule has 117 heavy (non-hydrogen) atoms. The number of hydrogen-bond acceptors (Lipinski definition) is 27. The standard InChI is InChI=1S/C78H119N9O28S2/c1-12-61(90)82-51(36-62(91)92)70(100)83-50(21-18-27-81-76(79)80)69(99)84-52(37-63(93)94)71(101)85-53(38-64(95)96)72(102)86-54(74(104)105)40-117-116-30-29-112-77(107)114-66-46(7)32-43(4)57(89)39-59(44(5)33-48-24-26-56(88)60(34-48)110-10)113-75(106)55-22-16-17-28-87(55)73(103)68(98)78(108)47(8)23-25-49(115-78)35-58(109-9)42(3)20-15-13-14-19-41(2)31-45(6)65(97)67(66)111-11/h13-15,19-20,32,41,43-45,47-56,58-60,66-67,88,108H,12,16-18,21-31,33-40H2,1-11H3,(H,82,90)(H,83,100)(H,84,99)(H,85,101)(H,86,102)(H,91,92)(H,93,94)(H,95,96)(H,104,105)(H4,79,80,81)/b15-13+,19-14+,42-20+,46-32+/t41-,43-,44-,45-,47-,48+,49+,50+,51+,52+,53+,54+,55+,56-,58+,59+,60-,66-,67+,78-/m1/s1. The monoisotopic (exact) mass is 1690 g/mol. The molecule has 2 bridgehead atoms. The highest BCUT2D eigenvalue weighted by molar-refractivity contribution is 8.76. The Morgan fingerprint density at radius 1 is 0.718 bits per heavy atom. The van der Waals surface area contributed by atoms with Crippen LogP contribution in [-0.2, 0) is 100 Å². The minimum absolute atomic E-state index is 0.0309. The molecule has 4 aliphatic rings. The molecule has 3 aliphatic heterocycles. The van der Waals surface area contributed by atoms with Crippen molar-refractivity contribution in [2.24, 2.45) is 41.2 Å². The maximum absolute atomic E-state index is 14.8. The third-order valence-electron chi connectivity index (χ3n) is 21.0. The summed E-state index contributed by atoms with van der Waals surface area (Å²) in [6.45, 7) is 12.8. The van der Waals surface area contributed by atoms with Crippen LogP contribution in [0.4, 0.5) is 4.79 Å². The van der Waals surface area contributed by atoms with Gasteiger partial charge in [0.25, 0.3) is 11.7 Å². The highest BCUT2D eigenvalue weighted by atomic mass is 33.1. The lowest BCUT2D eigenvalue weighted by atomic mass is 9.78. The molecule has 4 rings (SSSR count). The molecule has 37 nitrogen and oxygen atoms in total. The summed E-state index contributed by atoms with van der Waals surface area (Å²) in [6.07, 6.45) is 2.43. The van der Waals surface area contributed by atoms with Gasteiger partial charge in [0.2, 0.25) is 35.3 Å². The first-order valence-corrected chi connectivity index (χ1v) is 41.7. The van der Waals surface area contributed by atoms with Gasteiger partial charge in [-0.1, -0.05) is 99.6 Å². The van der Waals surface area contributed by atoms with Crippen molar-refractivity contribution in [2.45, 2.75) is 256 Å². The van der Waals surface area contributed by atoms with E-state index in [1.54, 1.807) is 39.0 Å². The molecular formula is C78H119N9O28S2. The smallest absolute Gasteiger partial charge is 0.481 e. The molecule has 0 aromatic rings. The fourth-order valence-corrected chi connectivity index (χ4v) is 16.2. The highest BCUT2D eigenvalue weighted by Crippen LogP contribution is 2.38. The molecule has 3 fully saturated rings. The lowest BCUT2D eigenvalue weighted by molar-refractivity contribution is -0.265. The molecule has 0 aromatic heterocycles. The van der Waals surface area contributed by atoms with Crippen LogP contribution in [-0.4, -0.2) is 268 Å². The van der Waals surface area contributed by atoms with Crippen molar-refractivity contribution in [3.8, 4) is 0 Å². The number of allylic oxidation sites excluding steroid dienone is 6. The van der Waals surface area contributed by atoms with Gasteiger partial charge in [-0.2, -0.15) is 0 Å². The summed E-state index contributed by atoms with van der Waals surface area (Å²) in [5.41, 5.74) is 6.27. The van der Waals surface area contributed by atoms with Crippen molar-refractivity contribution in [3.63, 3.8) is 0 Å². The van der Waals surface area contributed by atoms with Crippen LogP contribution in [0.25, 0.3) is 0 Å². The zero-order valence-electron chi connectivity index (χ0n) is 68.2. The van der Waals surface area contributed by atoms with Gasteiger partial charge in [0.05, 0.1) is 43.7 Å². The second-order valence-corrected chi connectivity index (χ2v) is 32.8. The Hall–Kier alpha value is -8.86. The van der Waals surface area contributed by atoms with Gasteiger partial charge in [-0.3, -0.25) is 62.9 Å². The van der Waals surface area contributed by atoms with Crippen LogP contribution < -0.4 is 37.6 Å². The van der Waals surface area contributed by atoms with Crippen molar-refractivity contribution in [3.05, 3.63) is 47.6 Å². The second kappa shape index (κ2) is 50.1. The Kier molecular flexibility index (Phi) is 43.1. The number of fused-ring (bicyclic) bond motifs is 3. The fraction of sp³-hybridized carbons (Fsp3) is 0.692. The number of ketones is 3. The minimum Gasteiger partial charge on any atom is -0.481 e. The number of carboxylic acid groups (broad SMARTS) is 4. The molecule has 39 heteroatoms. The van der Waals surface area contributed by atoms with Crippen molar-refractivity contribution in [1.29, 1.82) is 5.41 Å². The number of carbonyl (C=O) groups excluding carboxylic acids is 11. The number of nitrogens with two attached hydrogens (primary N) is 1. The number of aliphatic hydroxyl groups excluding tert-OH is 1. The van der Waals surface area contributed by atoms with E-state index in [0.717, 1.165) is 32.1 Å². The topological polar surface area (TPSA) is 567 Å². The minimum atomic E-state index is -2.55. The highest BCUT2D eigenvalue weighted by Gasteiger charge is 2.53. The largest absolute Gasteiger partial charge is 0.509 e. The molecule has 0 spiro atoms. The first-order chi connectivity index (χ1) is 55.2. The second-order valence-electron chi connectivity index (χ2n) is 30.2. The molecular weight excluding hydrogens is 1580 g/mol. The average Bonchev–Trinajstić information content (AvgIpc) is 0.773. The van der Waals surface area contributed by atoms with Crippen LogP contribution in [0.15, 0.2) is 47.6 Å². The third-order valence-corrected chi connectivity index (χ3v) is 23.4. The number of hydrogen-bond donors (Lipinski definition) is 14. The summed E-state index contributed by atoms with van der Waals surface area (Å²) in [7, 11) is 6.00. The molecule has 20 atom stereocenters. The van der Waals surface area contributed by atoms with Crippen LogP contribution >= 0.6 is 21.6 Å². The number of aliphatic carboxylic acids is 4. The Labute approximate surface area is 688 Å². The van der Waals surface area contributed by atoms with Gasteiger partial charge in [0.15, 0.2) is 24.0 Å². The van der Waals surface area contributed by atoms with E-state index in [1.807, 2.05) is 38.2 Å². The Balaban J connectivity index is 1.60. The van der Waals surface area contributed by atoms with Gasteiger partial charge in [-0.15, -0.1) is 0 Å². The number of carbonyl (C=O) groups is 15. The lowest BCUT2D eigenvalue weighted by Crippen LogP contribution is -2.61. The summed E-state index contributed by atoms with van der Waals surface area (Å²) in [4.78, 5) is 204. The van der Waals surface area contributed by atoms with Crippen LogP contribution in [0.2, 0.25) is 0 Å². The SMILES string of the molecule is CCC(=O)N[C@@H](CC(=O)O)C(=O)N[C@@H](CCCNC(=N)N)C(=O)N[C@@H](CC(=O)O)C(=O)N[C@@H](CC(=O)O)C(=O)N[C@@H](CSSCCOC(=O)O[C@@H]1/C(C)=C/[C@@H](C)C(=O)C[C@@H]([C@H](C)C[C@@H]2CC[C@@H](O)[C@H](OC)C2)OC(=O)[C@@H]2CCCCN2C(=O)C(=O)[C@]2(O)O[C@@H](CC[C@H]2C)C[C@H](OC)/C(C)=C/C=C/C=C/[C@@H](C)C[C@@H](C)C(=O)[C@@H]1OC)C(=O)O. The van der Waals surface area contributed by atoms with Crippen LogP contribution in [0.5, 0.6) is 0 Å².